The van der Waals surface area contributed by atoms with E-state index >= 15 is 0 Å². The number of aromatic nitrogens is 2. The third-order valence-electron chi connectivity index (χ3n) is 3.72. The molecule has 0 radical (unpaired) electrons. The lowest BCUT2D eigenvalue weighted by atomic mass is 10.1. The number of hydrogen-bond donors (Lipinski definition) is 1. The molecular weight excluding hydrogens is 338 g/mol. The molecule has 0 bridgehead atoms. The minimum absolute atomic E-state index is 0.0481. The van der Waals surface area contributed by atoms with E-state index in [9.17, 15) is 4.79 Å². The largest absolute Gasteiger partial charge is 0.347 e. The number of hydrogen-bond acceptors (Lipinski definition) is 5. The lowest BCUT2D eigenvalue weighted by Crippen LogP contribution is -2.29. The van der Waals surface area contributed by atoms with Gasteiger partial charge in [0.05, 0.1) is 6.04 Å². The molecule has 0 aromatic carbocycles. The molecule has 0 aliphatic carbocycles. The maximum Gasteiger partial charge on any atom is 0.220 e. The van der Waals surface area contributed by atoms with Gasteiger partial charge < -0.3 is 5.32 Å². The van der Waals surface area contributed by atoms with Crippen molar-refractivity contribution in [3.63, 3.8) is 0 Å². The third-order valence-corrected chi connectivity index (χ3v) is 5.34. The van der Waals surface area contributed by atoms with Crippen LogP contribution in [0.5, 0.6) is 0 Å². The molecule has 4 nitrogen and oxygen atoms in total. The van der Waals surface area contributed by atoms with E-state index in [1.165, 1.54) is 11.1 Å². The quantitative estimate of drug-likeness (QED) is 0.662. The summed E-state index contributed by atoms with van der Waals surface area (Å²) in [6, 6.07) is 6.04. The molecule has 0 unspecified atom stereocenters. The molecule has 1 N–H and O–H groups in total. The van der Waals surface area contributed by atoms with Crippen molar-refractivity contribution < 1.29 is 4.79 Å². The van der Waals surface area contributed by atoms with Crippen LogP contribution in [-0.4, -0.2) is 15.9 Å². The molecule has 124 valence electrons. The number of nitrogens with zero attached hydrogens (tertiary/aromatic N) is 2. The molecule has 3 aromatic heterocycles. The summed E-state index contributed by atoms with van der Waals surface area (Å²) in [4.78, 5) is 20.7. The lowest BCUT2D eigenvalue weighted by Gasteiger charge is -2.16. The Labute approximate surface area is 149 Å². The second kappa shape index (κ2) is 8.70. The van der Waals surface area contributed by atoms with Gasteiger partial charge in [0.2, 0.25) is 5.91 Å². The van der Waals surface area contributed by atoms with Crippen molar-refractivity contribution in [1.82, 2.24) is 15.3 Å². The summed E-state index contributed by atoms with van der Waals surface area (Å²) in [6.45, 7) is 0. The summed E-state index contributed by atoms with van der Waals surface area (Å²) in [5, 5.41) is 10.2. The van der Waals surface area contributed by atoms with Crippen LogP contribution in [0.2, 0.25) is 0 Å². The third kappa shape index (κ3) is 4.97. The highest BCUT2D eigenvalue weighted by molar-refractivity contribution is 7.09. The van der Waals surface area contributed by atoms with Gasteiger partial charge in [-0.25, -0.2) is 4.98 Å². The van der Waals surface area contributed by atoms with E-state index in [-0.39, 0.29) is 11.9 Å². The molecule has 6 heteroatoms. The van der Waals surface area contributed by atoms with Gasteiger partial charge in [-0.15, -0.1) is 11.3 Å². The minimum atomic E-state index is -0.0481. The molecule has 0 saturated carbocycles. The Balaban J connectivity index is 1.53. The van der Waals surface area contributed by atoms with Gasteiger partial charge in [0.15, 0.2) is 0 Å². The summed E-state index contributed by atoms with van der Waals surface area (Å²) < 4.78 is 0. The highest BCUT2D eigenvalue weighted by Crippen LogP contribution is 2.22. The molecule has 0 fully saturated rings. The van der Waals surface area contributed by atoms with E-state index in [1.807, 2.05) is 17.5 Å². The molecule has 24 heavy (non-hydrogen) atoms. The van der Waals surface area contributed by atoms with Crippen LogP contribution in [0.25, 0.3) is 0 Å². The van der Waals surface area contributed by atoms with Gasteiger partial charge in [-0.3, -0.25) is 9.78 Å². The lowest BCUT2D eigenvalue weighted by molar-refractivity contribution is -0.121. The topological polar surface area (TPSA) is 54.9 Å². The second-order valence-electron chi connectivity index (χ2n) is 5.54. The number of nitrogens with one attached hydrogen (secondary N) is 1. The Morgan fingerprint density at radius 3 is 2.71 bits per heavy atom. The molecule has 1 atom stereocenters. The first kappa shape index (κ1) is 16.8. The maximum atomic E-state index is 12.3. The first-order valence-electron chi connectivity index (χ1n) is 7.90. The monoisotopic (exact) mass is 357 g/mol. The number of thiazole rings is 1. The van der Waals surface area contributed by atoms with Crippen molar-refractivity contribution in [3.8, 4) is 0 Å². The standard InChI is InChI=1S/C18H19N3OS2/c22-17(3-1-2-14-4-7-19-8-5-14)21-16(18-20-9-11-24-18)12-15-6-10-23-13-15/h4-11,13,16H,1-3,12H2,(H,21,22)/t16-/m1/s1. The molecule has 0 aliphatic rings. The Hall–Kier alpha value is -2.05. The molecular formula is C18H19N3OS2. The fourth-order valence-electron chi connectivity index (χ4n) is 2.52. The van der Waals surface area contributed by atoms with Gasteiger partial charge in [-0.2, -0.15) is 11.3 Å². The van der Waals surface area contributed by atoms with E-state index in [4.69, 9.17) is 0 Å². The highest BCUT2D eigenvalue weighted by Gasteiger charge is 2.17. The zero-order valence-electron chi connectivity index (χ0n) is 13.2. The van der Waals surface area contributed by atoms with E-state index in [0.29, 0.717) is 6.42 Å². The van der Waals surface area contributed by atoms with Crippen molar-refractivity contribution >= 4 is 28.6 Å². The first-order valence-corrected chi connectivity index (χ1v) is 9.72. The van der Waals surface area contributed by atoms with Crippen molar-refractivity contribution in [2.24, 2.45) is 0 Å². The Morgan fingerprint density at radius 2 is 2.00 bits per heavy atom. The highest BCUT2D eigenvalue weighted by atomic mass is 32.1. The number of amides is 1. The molecule has 3 aromatic rings. The predicted octanol–water partition coefficient (Wildman–Crippen LogP) is 4.02. The zero-order valence-corrected chi connectivity index (χ0v) is 14.9. The van der Waals surface area contributed by atoms with Crippen molar-refractivity contribution in [2.75, 3.05) is 0 Å². The van der Waals surface area contributed by atoms with Gasteiger partial charge >= 0.3 is 0 Å². The Bertz CT molecular complexity index is 727. The van der Waals surface area contributed by atoms with Gasteiger partial charge in [0, 0.05) is 36.8 Å². The number of pyridine rings is 1. The molecule has 0 saturated heterocycles. The molecule has 1 amide bonds. The van der Waals surface area contributed by atoms with Crippen LogP contribution >= 0.6 is 22.7 Å². The van der Waals surface area contributed by atoms with Crippen LogP contribution in [-0.2, 0) is 17.6 Å². The molecule has 3 rings (SSSR count). The van der Waals surface area contributed by atoms with Gasteiger partial charge in [0.25, 0.3) is 0 Å². The average Bonchev–Trinajstić information content (AvgIpc) is 3.29. The second-order valence-corrected chi connectivity index (χ2v) is 7.24. The number of rotatable bonds is 8. The minimum Gasteiger partial charge on any atom is -0.347 e. The number of aryl methyl sites for hydroxylation is 1. The summed E-state index contributed by atoms with van der Waals surface area (Å²) in [7, 11) is 0. The SMILES string of the molecule is O=C(CCCc1ccncc1)N[C@H](Cc1ccsc1)c1nccs1. The van der Waals surface area contributed by atoms with Gasteiger partial charge in [-0.1, -0.05) is 0 Å². The normalized spacial score (nSPS) is 12.0. The summed E-state index contributed by atoms with van der Waals surface area (Å²) in [6.07, 6.45) is 8.39. The molecule has 0 aliphatic heterocycles. The van der Waals surface area contributed by atoms with Crippen LogP contribution in [0.3, 0.4) is 0 Å². The Morgan fingerprint density at radius 1 is 1.12 bits per heavy atom. The summed E-state index contributed by atoms with van der Waals surface area (Å²) in [5.74, 6) is 0.0829. The van der Waals surface area contributed by atoms with Gasteiger partial charge in [0.1, 0.15) is 5.01 Å². The average molecular weight is 358 g/mol. The van der Waals surface area contributed by atoms with E-state index < -0.39 is 0 Å². The first-order chi connectivity index (χ1) is 11.8. The van der Waals surface area contributed by atoms with Crippen molar-refractivity contribution in [1.29, 1.82) is 0 Å². The number of carbonyl (C=O) groups excluding carboxylic acids is 1. The van der Waals surface area contributed by atoms with Gasteiger partial charge in [-0.05, 0) is 52.9 Å². The fourth-order valence-corrected chi connectivity index (χ4v) is 3.89. The zero-order chi connectivity index (χ0) is 16.6. The van der Waals surface area contributed by atoms with E-state index in [0.717, 1.165) is 24.3 Å². The van der Waals surface area contributed by atoms with Crippen LogP contribution < -0.4 is 5.32 Å². The van der Waals surface area contributed by atoms with E-state index in [1.54, 1.807) is 41.3 Å². The predicted molar refractivity (Wildman–Crippen MR) is 98.2 cm³/mol. The summed E-state index contributed by atoms with van der Waals surface area (Å²) in [5.41, 5.74) is 2.45. The number of thiophene rings is 1. The summed E-state index contributed by atoms with van der Waals surface area (Å²) >= 11 is 3.26. The number of carbonyl (C=O) groups is 1. The molecule has 3 heterocycles. The molecule has 0 spiro atoms. The van der Waals surface area contributed by atoms with Crippen molar-refractivity contribution in [2.45, 2.75) is 31.7 Å². The van der Waals surface area contributed by atoms with Crippen molar-refractivity contribution in [3.05, 3.63) is 69.1 Å². The van der Waals surface area contributed by atoms with E-state index in [2.05, 4.69) is 32.1 Å². The van der Waals surface area contributed by atoms with Crippen LogP contribution in [0.1, 0.15) is 35.0 Å². The fraction of sp³-hybridized carbons (Fsp3) is 0.278. The van der Waals surface area contributed by atoms with Crippen LogP contribution in [0, 0.1) is 0 Å². The maximum absolute atomic E-state index is 12.3. The smallest absolute Gasteiger partial charge is 0.220 e. The Kier molecular flexibility index (Phi) is 6.09. The van der Waals surface area contributed by atoms with Crippen LogP contribution in [0.4, 0.5) is 0 Å². The van der Waals surface area contributed by atoms with Crippen LogP contribution in [0.15, 0.2) is 52.9 Å².